The molecule has 4 N–H and O–H groups in total. The third kappa shape index (κ3) is 2.85. The molecule has 8 heteroatoms. The molecule has 0 radical (unpaired) electrons. The molecule has 1 amide bonds. The third-order valence-corrected chi connectivity index (χ3v) is 3.60. The normalized spacial score (nSPS) is 10.8. The van der Waals surface area contributed by atoms with Gasteiger partial charge in [-0.05, 0) is 12.1 Å². The highest BCUT2D eigenvalue weighted by molar-refractivity contribution is 7.22. The van der Waals surface area contributed by atoms with Gasteiger partial charge in [0.05, 0.1) is 26.8 Å². The fourth-order valence-corrected chi connectivity index (χ4v) is 2.52. The molecule has 0 spiro atoms. The molecule has 0 fully saturated rings. The Balaban J connectivity index is 2.29. The molecule has 2 aromatic rings. The average Bonchev–Trinajstić information content (AvgIpc) is 2.60. The van der Waals surface area contributed by atoms with Gasteiger partial charge in [0.25, 0.3) is 0 Å². The number of thiazole rings is 1. The van der Waals surface area contributed by atoms with E-state index in [-0.39, 0.29) is 12.5 Å². The van der Waals surface area contributed by atoms with Gasteiger partial charge in [0.15, 0.2) is 5.13 Å². The number of hydrogen-bond acceptors (Lipinski definition) is 5. The van der Waals surface area contributed by atoms with Gasteiger partial charge in [0.2, 0.25) is 5.91 Å². The van der Waals surface area contributed by atoms with Crippen LogP contribution in [0.5, 0.6) is 0 Å². The average molecular weight is 291 g/mol. The van der Waals surface area contributed by atoms with E-state index in [0.717, 1.165) is 4.70 Å². The Morgan fingerprint density at radius 2 is 2.12 bits per heavy atom. The van der Waals surface area contributed by atoms with E-state index in [1.165, 1.54) is 11.3 Å². The molecule has 1 aromatic carbocycles. The first-order chi connectivity index (χ1) is 8.10. The maximum Gasteiger partial charge on any atom is 0.241 e. The van der Waals surface area contributed by atoms with Crippen molar-refractivity contribution in [1.82, 2.24) is 10.4 Å². The number of hydrazine groups is 1. The molecule has 5 nitrogen and oxygen atoms in total. The van der Waals surface area contributed by atoms with Crippen LogP contribution in [0, 0.1) is 0 Å². The molecule has 1 aromatic heterocycles. The Morgan fingerprint density at radius 1 is 1.41 bits per heavy atom. The van der Waals surface area contributed by atoms with Crippen LogP contribution in [-0.2, 0) is 4.79 Å². The fourth-order valence-electron chi connectivity index (χ4n) is 1.23. The zero-order chi connectivity index (χ0) is 12.4. The number of amides is 1. The second-order valence-electron chi connectivity index (χ2n) is 3.18. The Labute approximate surface area is 111 Å². The lowest BCUT2D eigenvalue weighted by molar-refractivity contribution is -0.115. The van der Waals surface area contributed by atoms with Crippen molar-refractivity contribution in [2.24, 2.45) is 5.84 Å². The minimum atomic E-state index is -0.260. The number of aromatic nitrogens is 1. The Hall–Kier alpha value is -0.920. The van der Waals surface area contributed by atoms with Crippen molar-refractivity contribution in [3.05, 3.63) is 22.2 Å². The number of nitrogens with one attached hydrogen (secondary N) is 2. The zero-order valence-electron chi connectivity index (χ0n) is 8.46. The summed E-state index contributed by atoms with van der Waals surface area (Å²) in [4.78, 5) is 15.5. The van der Waals surface area contributed by atoms with E-state index in [9.17, 15) is 4.79 Å². The van der Waals surface area contributed by atoms with Crippen molar-refractivity contribution >= 4 is 55.8 Å². The molecule has 0 unspecified atom stereocenters. The molecule has 0 aliphatic rings. The first kappa shape index (κ1) is 12.5. The van der Waals surface area contributed by atoms with Crippen LogP contribution in [0.1, 0.15) is 0 Å². The topological polar surface area (TPSA) is 80.0 Å². The van der Waals surface area contributed by atoms with E-state index < -0.39 is 0 Å². The van der Waals surface area contributed by atoms with Crippen molar-refractivity contribution in [3.8, 4) is 0 Å². The Morgan fingerprint density at radius 3 is 2.82 bits per heavy atom. The summed E-state index contributed by atoms with van der Waals surface area (Å²) in [5, 5.41) is 3.99. The van der Waals surface area contributed by atoms with Gasteiger partial charge < -0.3 is 5.32 Å². The summed E-state index contributed by atoms with van der Waals surface area (Å²) >= 11 is 13.1. The van der Waals surface area contributed by atoms with Crippen molar-refractivity contribution in [2.75, 3.05) is 11.9 Å². The quantitative estimate of drug-likeness (QED) is 0.597. The van der Waals surface area contributed by atoms with Crippen LogP contribution in [-0.4, -0.2) is 17.4 Å². The molecule has 0 bridgehead atoms. The van der Waals surface area contributed by atoms with Crippen LogP contribution < -0.4 is 16.6 Å². The second kappa shape index (κ2) is 5.16. The summed E-state index contributed by atoms with van der Waals surface area (Å²) in [5.74, 6) is 4.77. The lowest BCUT2D eigenvalue weighted by atomic mass is 10.3. The lowest BCUT2D eigenvalue weighted by Crippen LogP contribution is -2.32. The van der Waals surface area contributed by atoms with Crippen molar-refractivity contribution in [3.63, 3.8) is 0 Å². The predicted octanol–water partition coefficient (Wildman–Crippen LogP) is 2.00. The predicted molar refractivity (Wildman–Crippen MR) is 70.5 cm³/mol. The van der Waals surface area contributed by atoms with Crippen molar-refractivity contribution in [1.29, 1.82) is 0 Å². The number of benzene rings is 1. The number of halogens is 2. The Kier molecular flexibility index (Phi) is 3.80. The van der Waals surface area contributed by atoms with E-state index in [0.29, 0.717) is 20.7 Å². The van der Waals surface area contributed by atoms with Crippen LogP contribution in [0.2, 0.25) is 10.0 Å². The molecule has 17 heavy (non-hydrogen) atoms. The third-order valence-electron chi connectivity index (χ3n) is 1.94. The highest BCUT2D eigenvalue weighted by Gasteiger charge is 2.09. The summed E-state index contributed by atoms with van der Waals surface area (Å²) in [6.45, 7) is 0.0252. The zero-order valence-corrected chi connectivity index (χ0v) is 10.8. The molecule has 0 aliphatic carbocycles. The SMILES string of the molecule is NNCC(=O)Nc1nc2cc(Cl)c(Cl)cc2s1. The summed E-state index contributed by atoms with van der Waals surface area (Å²) < 4.78 is 0.857. The number of hydrogen-bond donors (Lipinski definition) is 3. The maximum atomic E-state index is 11.3. The first-order valence-corrected chi connectivity index (χ1v) is 6.16. The minimum absolute atomic E-state index is 0.0252. The number of fused-ring (bicyclic) bond motifs is 1. The standard InChI is InChI=1S/C9H8Cl2N4OS/c10-4-1-6-7(2-5(4)11)17-9(14-6)15-8(16)3-13-12/h1-2,13H,3,12H2,(H,14,15,16). The van der Waals surface area contributed by atoms with Gasteiger partial charge in [0.1, 0.15) is 0 Å². The lowest BCUT2D eigenvalue weighted by Gasteiger charge is -1.98. The van der Waals surface area contributed by atoms with Crippen LogP contribution in [0.4, 0.5) is 5.13 Å². The van der Waals surface area contributed by atoms with Crippen LogP contribution in [0.3, 0.4) is 0 Å². The van der Waals surface area contributed by atoms with Gasteiger partial charge in [-0.2, -0.15) is 0 Å². The van der Waals surface area contributed by atoms with E-state index in [1.54, 1.807) is 12.1 Å². The number of carbonyl (C=O) groups excluding carboxylic acids is 1. The molecule has 0 aliphatic heterocycles. The number of nitrogens with two attached hydrogens (primary N) is 1. The molecule has 1 heterocycles. The number of nitrogens with zero attached hydrogens (tertiary/aromatic N) is 1. The Bertz CT molecular complexity index is 532. The molecule has 0 saturated heterocycles. The van der Waals surface area contributed by atoms with E-state index in [1.807, 2.05) is 0 Å². The van der Waals surface area contributed by atoms with Gasteiger partial charge in [-0.15, -0.1) is 0 Å². The second-order valence-corrected chi connectivity index (χ2v) is 5.03. The van der Waals surface area contributed by atoms with Crippen molar-refractivity contribution < 1.29 is 4.79 Å². The highest BCUT2D eigenvalue weighted by Crippen LogP contribution is 2.32. The monoisotopic (exact) mass is 290 g/mol. The molecule has 0 atom stereocenters. The van der Waals surface area contributed by atoms with E-state index in [4.69, 9.17) is 29.0 Å². The molecule has 2 rings (SSSR count). The smallest absolute Gasteiger partial charge is 0.241 e. The summed E-state index contributed by atoms with van der Waals surface area (Å²) in [5.41, 5.74) is 2.96. The number of carbonyl (C=O) groups is 1. The van der Waals surface area contributed by atoms with Crippen LogP contribution in [0.15, 0.2) is 12.1 Å². The summed E-state index contributed by atoms with van der Waals surface area (Å²) in [6.07, 6.45) is 0. The van der Waals surface area contributed by atoms with Gasteiger partial charge >= 0.3 is 0 Å². The molecule has 0 saturated carbocycles. The summed E-state index contributed by atoms with van der Waals surface area (Å²) in [6, 6.07) is 3.38. The highest BCUT2D eigenvalue weighted by atomic mass is 35.5. The largest absolute Gasteiger partial charge is 0.301 e. The number of anilines is 1. The van der Waals surface area contributed by atoms with Gasteiger partial charge in [-0.1, -0.05) is 34.5 Å². The van der Waals surface area contributed by atoms with Gasteiger partial charge in [-0.3, -0.25) is 16.1 Å². The van der Waals surface area contributed by atoms with E-state index >= 15 is 0 Å². The number of rotatable bonds is 3. The fraction of sp³-hybridized carbons (Fsp3) is 0.111. The van der Waals surface area contributed by atoms with Gasteiger partial charge in [-0.25, -0.2) is 4.98 Å². The molecule has 90 valence electrons. The minimum Gasteiger partial charge on any atom is -0.301 e. The molecular formula is C9H8Cl2N4OS. The van der Waals surface area contributed by atoms with E-state index in [2.05, 4.69) is 15.7 Å². The maximum absolute atomic E-state index is 11.3. The summed E-state index contributed by atoms with van der Waals surface area (Å²) in [7, 11) is 0. The first-order valence-electron chi connectivity index (χ1n) is 4.59. The van der Waals surface area contributed by atoms with Crippen LogP contribution >= 0.6 is 34.5 Å². The van der Waals surface area contributed by atoms with Crippen LogP contribution in [0.25, 0.3) is 10.2 Å². The molecular weight excluding hydrogens is 283 g/mol. The van der Waals surface area contributed by atoms with Gasteiger partial charge in [0, 0.05) is 0 Å². The van der Waals surface area contributed by atoms with Crippen molar-refractivity contribution in [2.45, 2.75) is 0 Å².